The number of para-hydroxylation sites is 1. The van der Waals surface area contributed by atoms with Crippen molar-refractivity contribution in [1.82, 2.24) is 4.98 Å². The van der Waals surface area contributed by atoms with Gasteiger partial charge in [0.05, 0.1) is 26.5 Å². The van der Waals surface area contributed by atoms with Crippen LogP contribution in [0.3, 0.4) is 0 Å². The lowest BCUT2D eigenvalue weighted by Crippen LogP contribution is -2.18. The van der Waals surface area contributed by atoms with E-state index in [0.717, 1.165) is 43.8 Å². The first-order valence-corrected chi connectivity index (χ1v) is 7.57. The van der Waals surface area contributed by atoms with Crippen LogP contribution in [0.4, 0.5) is 5.69 Å². The van der Waals surface area contributed by atoms with E-state index in [1.54, 1.807) is 11.3 Å². The molecule has 0 atom stereocenters. The molecule has 2 aromatic carbocycles. The average Bonchev–Trinajstić information content (AvgIpc) is 2.92. The number of halogens is 1. The summed E-state index contributed by atoms with van der Waals surface area (Å²) in [5, 5.41) is 5.03. The molecule has 0 bridgehead atoms. The third-order valence-electron chi connectivity index (χ3n) is 3.28. The molecule has 3 nitrogen and oxygen atoms in total. The maximum atomic E-state index is 6.23. The molecule has 0 amide bonds. The van der Waals surface area contributed by atoms with E-state index in [9.17, 15) is 0 Å². The summed E-state index contributed by atoms with van der Waals surface area (Å²) in [6, 6.07) is 11.9. The maximum absolute atomic E-state index is 6.23. The summed E-state index contributed by atoms with van der Waals surface area (Å²) in [5.74, 6) is 0.883. The van der Waals surface area contributed by atoms with Gasteiger partial charge in [0, 0.05) is 6.54 Å². The molecule has 0 spiro atoms. The highest BCUT2D eigenvalue weighted by Gasteiger charge is 2.18. The van der Waals surface area contributed by atoms with Gasteiger partial charge >= 0.3 is 0 Å². The Hall–Kier alpha value is -1.78. The zero-order valence-electron chi connectivity index (χ0n) is 10.5. The molecule has 0 saturated heterocycles. The quantitative estimate of drug-likeness (QED) is 0.722. The molecule has 0 aliphatic carbocycles. The highest BCUT2D eigenvalue weighted by molar-refractivity contribution is 7.22. The molecule has 3 aromatic rings. The van der Waals surface area contributed by atoms with Crippen LogP contribution in [0.2, 0.25) is 5.02 Å². The van der Waals surface area contributed by atoms with E-state index >= 15 is 0 Å². The summed E-state index contributed by atoms with van der Waals surface area (Å²) in [4.78, 5) is 4.68. The Labute approximate surface area is 125 Å². The van der Waals surface area contributed by atoms with Gasteiger partial charge in [0.15, 0.2) is 5.75 Å². The van der Waals surface area contributed by atoms with Crippen molar-refractivity contribution in [2.75, 3.05) is 18.5 Å². The number of anilines is 1. The van der Waals surface area contributed by atoms with Crippen molar-refractivity contribution < 1.29 is 4.74 Å². The van der Waals surface area contributed by atoms with Crippen molar-refractivity contribution in [3.63, 3.8) is 0 Å². The van der Waals surface area contributed by atoms with Gasteiger partial charge in [0.2, 0.25) is 0 Å². The van der Waals surface area contributed by atoms with Crippen molar-refractivity contribution in [2.45, 2.75) is 0 Å². The molecule has 100 valence electrons. The monoisotopic (exact) mass is 302 g/mol. The van der Waals surface area contributed by atoms with Gasteiger partial charge in [0.1, 0.15) is 11.6 Å². The summed E-state index contributed by atoms with van der Waals surface area (Å²) in [5.41, 5.74) is 2.98. The lowest BCUT2D eigenvalue weighted by Gasteiger charge is -2.20. The van der Waals surface area contributed by atoms with Gasteiger partial charge in [-0.05, 0) is 24.3 Å². The summed E-state index contributed by atoms with van der Waals surface area (Å²) in [6.07, 6.45) is 0. The minimum atomic E-state index is 0.676. The van der Waals surface area contributed by atoms with Gasteiger partial charge in [0.25, 0.3) is 0 Å². The minimum Gasteiger partial charge on any atom is -0.489 e. The lowest BCUT2D eigenvalue weighted by atomic mass is 10.1. The molecule has 20 heavy (non-hydrogen) atoms. The molecule has 0 unspecified atom stereocenters. The van der Waals surface area contributed by atoms with E-state index in [1.165, 1.54) is 0 Å². The van der Waals surface area contributed by atoms with Crippen LogP contribution in [0, 0.1) is 0 Å². The number of aromatic nitrogens is 1. The van der Waals surface area contributed by atoms with Gasteiger partial charge in [-0.2, -0.15) is 0 Å². The molecule has 1 aliphatic rings. The standard InChI is InChI=1S/C15H11ClN2OS/c16-10-4-2-6-12-14(10)20-15(18-12)9-3-1-5-11-13(9)19-8-7-17-11/h1-6,17H,7-8H2. The van der Waals surface area contributed by atoms with Gasteiger partial charge in [-0.3, -0.25) is 0 Å². The van der Waals surface area contributed by atoms with Crippen LogP contribution in [0.5, 0.6) is 5.75 Å². The Bertz CT molecular complexity index is 800. The summed E-state index contributed by atoms with van der Waals surface area (Å²) in [7, 11) is 0. The van der Waals surface area contributed by atoms with E-state index in [0.29, 0.717) is 6.61 Å². The SMILES string of the molecule is Clc1cccc2nc(-c3cccc4c3OCCN4)sc12. The molecule has 0 saturated carbocycles. The Morgan fingerprint density at radius 3 is 3.00 bits per heavy atom. The first-order chi connectivity index (χ1) is 9.83. The van der Waals surface area contributed by atoms with Crippen LogP contribution in [-0.4, -0.2) is 18.1 Å². The fourth-order valence-electron chi connectivity index (χ4n) is 2.37. The Balaban J connectivity index is 1.93. The average molecular weight is 303 g/mol. The fourth-order valence-corrected chi connectivity index (χ4v) is 3.65. The zero-order chi connectivity index (χ0) is 13.5. The normalized spacial score (nSPS) is 13.7. The zero-order valence-corrected chi connectivity index (χ0v) is 12.1. The summed E-state index contributed by atoms with van der Waals surface area (Å²) in [6.45, 7) is 1.51. The van der Waals surface area contributed by atoms with Crippen molar-refractivity contribution in [1.29, 1.82) is 0 Å². The molecule has 4 rings (SSSR count). The van der Waals surface area contributed by atoms with E-state index in [1.807, 2.05) is 36.4 Å². The highest BCUT2D eigenvalue weighted by atomic mass is 35.5. The number of nitrogens with zero attached hydrogens (tertiary/aromatic N) is 1. The van der Waals surface area contributed by atoms with Crippen LogP contribution in [-0.2, 0) is 0 Å². The van der Waals surface area contributed by atoms with Crippen LogP contribution in [0.15, 0.2) is 36.4 Å². The Morgan fingerprint density at radius 2 is 2.10 bits per heavy atom. The number of nitrogens with one attached hydrogen (secondary N) is 1. The topological polar surface area (TPSA) is 34.1 Å². The van der Waals surface area contributed by atoms with Gasteiger partial charge < -0.3 is 10.1 Å². The number of rotatable bonds is 1. The third-order valence-corrected chi connectivity index (χ3v) is 4.84. The molecular weight excluding hydrogens is 292 g/mol. The largest absolute Gasteiger partial charge is 0.489 e. The van der Waals surface area contributed by atoms with Crippen molar-refractivity contribution >= 4 is 38.8 Å². The summed E-state index contributed by atoms with van der Waals surface area (Å²) < 4.78 is 6.83. The highest BCUT2D eigenvalue weighted by Crippen LogP contribution is 2.42. The molecule has 1 N–H and O–H groups in total. The van der Waals surface area contributed by atoms with E-state index in [-0.39, 0.29) is 0 Å². The van der Waals surface area contributed by atoms with E-state index < -0.39 is 0 Å². The third kappa shape index (κ3) is 1.84. The van der Waals surface area contributed by atoms with Gasteiger partial charge in [-0.1, -0.05) is 23.7 Å². The van der Waals surface area contributed by atoms with Gasteiger partial charge in [-0.15, -0.1) is 11.3 Å². The molecule has 1 aliphatic heterocycles. The number of thiazole rings is 1. The Morgan fingerprint density at radius 1 is 1.20 bits per heavy atom. The fraction of sp³-hybridized carbons (Fsp3) is 0.133. The Kier molecular flexibility index (Phi) is 2.79. The lowest BCUT2D eigenvalue weighted by molar-refractivity contribution is 0.324. The van der Waals surface area contributed by atoms with Crippen molar-refractivity contribution in [2.24, 2.45) is 0 Å². The second kappa shape index (κ2) is 4.65. The van der Waals surface area contributed by atoms with Gasteiger partial charge in [-0.25, -0.2) is 4.98 Å². The number of fused-ring (bicyclic) bond motifs is 2. The minimum absolute atomic E-state index is 0.676. The number of hydrogen-bond donors (Lipinski definition) is 1. The number of benzene rings is 2. The van der Waals surface area contributed by atoms with E-state index in [4.69, 9.17) is 16.3 Å². The first-order valence-electron chi connectivity index (χ1n) is 6.38. The molecule has 5 heteroatoms. The van der Waals surface area contributed by atoms with Crippen molar-refractivity contribution in [3.8, 4) is 16.3 Å². The summed E-state index contributed by atoms with van der Waals surface area (Å²) >= 11 is 7.83. The second-order valence-corrected chi connectivity index (χ2v) is 5.97. The molecule has 1 aromatic heterocycles. The molecule has 0 radical (unpaired) electrons. The second-order valence-electron chi connectivity index (χ2n) is 4.56. The van der Waals surface area contributed by atoms with Crippen LogP contribution >= 0.6 is 22.9 Å². The number of ether oxygens (including phenoxy) is 1. The molecular formula is C15H11ClN2OS. The predicted molar refractivity (Wildman–Crippen MR) is 84.1 cm³/mol. The van der Waals surface area contributed by atoms with Crippen LogP contribution < -0.4 is 10.1 Å². The maximum Gasteiger partial charge on any atom is 0.152 e. The van der Waals surface area contributed by atoms with Crippen LogP contribution in [0.25, 0.3) is 20.8 Å². The van der Waals surface area contributed by atoms with E-state index in [2.05, 4.69) is 10.3 Å². The first kappa shape index (κ1) is 12.0. The van der Waals surface area contributed by atoms with Crippen molar-refractivity contribution in [3.05, 3.63) is 41.4 Å². The molecule has 2 heterocycles. The van der Waals surface area contributed by atoms with Crippen LogP contribution in [0.1, 0.15) is 0 Å². The predicted octanol–water partition coefficient (Wildman–Crippen LogP) is 4.42. The number of hydrogen-bond acceptors (Lipinski definition) is 4. The smallest absolute Gasteiger partial charge is 0.152 e. The molecule has 0 fully saturated rings.